The lowest BCUT2D eigenvalue weighted by Gasteiger charge is -2.26. The van der Waals surface area contributed by atoms with Crippen LogP contribution in [0.5, 0.6) is 11.5 Å². The Morgan fingerprint density at radius 2 is 1.93 bits per heavy atom. The van der Waals surface area contributed by atoms with Crippen molar-refractivity contribution in [2.45, 2.75) is 6.10 Å². The molecule has 1 N–H and O–H groups in total. The first-order chi connectivity index (χ1) is 14.1. The maximum Gasteiger partial charge on any atom is 0.236 e. The van der Waals surface area contributed by atoms with Crippen LogP contribution in [0, 0.1) is 0 Å². The smallest absolute Gasteiger partial charge is 0.236 e. The van der Waals surface area contributed by atoms with Gasteiger partial charge in [0.2, 0.25) is 10.0 Å². The maximum absolute atomic E-state index is 12.8. The molecule has 5 rings (SSSR count). The minimum atomic E-state index is -3.67. The van der Waals surface area contributed by atoms with Crippen molar-refractivity contribution < 1.29 is 17.9 Å². The first-order valence-corrected chi connectivity index (χ1v) is 11.5. The Kier molecular flexibility index (Phi) is 4.40. The number of anilines is 1. The fraction of sp³-hybridized carbons (Fsp3) is 0.150. The molecule has 0 saturated heterocycles. The summed E-state index contributed by atoms with van der Waals surface area (Å²) in [5.41, 5.74) is 1.91. The Morgan fingerprint density at radius 1 is 1.14 bits per heavy atom. The molecule has 148 valence electrons. The second-order valence-electron chi connectivity index (χ2n) is 6.65. The zero-order valence-electron chi connectivity index (χ0n) is 15.2. The van der Waals surface area contributed by atoms with Crippen molar-refractivity contribution >= 4 is 32.0 Å². The summed E-state index contributed by atoms with van der Waals surface area (Å²) in [7, 11) is -3.67. The van der Waals surface area contributed by atoms with Gasteiger partial charge in [0.25, 0.3) is 0 Å². The van der Waals surface area contributed by atoms with Gasteiger partial charge in [-0.3, -0.25) is 9.12 Å². The molecule has 0 radical (unpaired) electrons. The number of aromatic nitrogens is 2. The molecule has 7 nitrogen and oxygen atoms in total. The molecule has 9 heteroatoms. The van der Waals surface area contributed by atoms with E-state index in [0.717, 1.165) is 10.5 Å². The lowest BCUT2D eigenvalue weighted by Crippen LogP contribution is -2.37. The fourth-order valence-electron chi connectivity index (χ4n) is 3.25. The zero-order valence-corrected chi connectivity index (χ0v) is 16.8. The predicted octanol–water partition coefficient (Wildman–Crippen LogP) is 3.64. The van der Waals surface area contributed by atoms with Crippen molar-refractivity contribution in [3.8, 4) is 22.8 Å². The molecule has 1 unspecified atom stereocenters. The van der Waals surface area contributed by atoms with Gasteiger partial charge < -0.3 is 9.47 Å². The summed E-state index contributed by atoms with van der Waals surface area (Å²) in [5.74, 6) is 0.963. The van der Waals surface area contributed by atoms with Gasteiger partial charge in [-0.1, -0.05) is 30.3 Å². The van der Waals surface area contributed by atoms with Crippen LogP contribution < -0.4 is 14.2 Å². The summed E-state index contributed by atoms with van der Waals surface area (Å²) in [6, 6.07) is 14.5. The summed E-state index contributed by atoms with van der Waals surface area (Å²) >= 11 is 1.52. The van der Waals surface area contributed by atoms with E-state index in [1.165, 1.54) is 11.3 Å². The molecular formula is C20H17N3O4S2. The van der Waals surface area contributed by atoms with Crippen molar-refractivity contribution in [2.75, 3.05) is 17.1 Å². The molecule has 0 fully saturated rings. The Labute approximate surface area is 171 Å². The van der Waals surface area contributed by atoms with Gasteiger partial charge in [0.05, 0.1) is 11.4 Å². The van der Waals surface area contributed by atoms with E-state index in [1.54, 1.807) is 24.3 Å². The molecule has 29 heavy (non-hydrogen) atoms. The lowest BCUT2D eigenvalue weighted by molar-refractivity contribution is 0.106. The van der Waals surface area contributed by atoms with Crippen molar-refractivity contribution in [3.05, 3.63) is 66.3 Å². The average molecular weight is 428 g/mol. The summed E-state index contributed by atoms with van der Waals surface area (Å²) in [6.07, 6.45) is 3.21. The van der Waals surface area contributed by atoms with Crippen molar-refractivity contribution in [1.29, 1.82) is 0 Å². The number of benzene rings is 2. The van der Waals surface area contributed by atoms with Gasteiger partial charge in [0.15, 0.2) is 16.5 Å². The number of hydrogen-bond donors (Lipinski definition) is 1. The van der Waals surface area contributed by atoms with Crippen LogP contribution in [0.4, 0.5) is 5.69 Å². The third-order valence-corrected chi connectivity index (χ3v) is 6.65. The molecule has 4 aromatic rings. The van der Waals surface area contributed by atoms with Crippen LogP contribution in [0.2, 0.25) is 0 Å². The largest absolute Gasteiger partial charge is 0.486 e. The van der Waals surface area contributed by atoms with Crippen LogP contribution in [0.3, 0.4) is 0 Å². The number of para-hydroxylation sites is 3. The number of nitrogens with zero attached hydrogens (tertiary/aromatic N) is 2. The third-order valence-electron chi connectivity index (χ3n) is 4.53. The SMILES string of the molecule is O=S(=O)(CC1COc2ccccc2O1)Nc1ccccc1-c1cn2ccsc2n1. The van der Waals surface area contributed by atoms with Gasteiger partial charge in [-0.2, -0.15) is 0 Å². The molecular weight excluding hydrogens is 410 g/mol. The maximum atomic E-state index is 12.8. The molecule has 2 aromatic heterocycles. The minimum absolute atomic E-state index is 0.177. The van der Waals surface area contributed by atoms with Crippen molar-refractivity contribution in [1.82, 2.24) is 9.38 Å². The predicted molar refractivity (Wildman–Crippen MR) is 112 cm³/mol. The topological polar surface area (TPSA) is 81.9 Å². The van der Waals surface area contributed by atoms with E-state index in [2.05, 4.69) is 9.71 Å². The fourth-order valence-corrected chi connectivity index (χ4v) is 5.20. The second-order valence-corrected chi connectivity index (χ2v) is 9.29. The highest BCUT2D eigenvalue weighted by molar-refractivity contribution is 7.92. The molecule has 1 aliphatic rings. The van der Waals surface area contributed by atoms with E-state index in [-0.39, 0.29) is 12.4 Å². The van der Waals surface area contributed by atoms with E-state index in [4.69, 9.17) is 9.47 Å². The first kappa shape index (κ1) is 18.0. The Balaban J connectivity index is 1.37. The zero-order chi connectivity index (χ0) is 19.8. The highest BCUT2D eigenvalue weighted by Gasteiger charge is 2.27. The van der Waals surface area contributed by atoms with Gasteiger partial charge >= 0.3 is 0 Å². The summed E-state index contributed by atoms with van der Waals surface area (Å²) in [5, 5.41) is 1.95. The van der Waals surface area contributed by atoms with E-state index in [1.807, 2.05) is 46.4 Å². The molecule has 0 aliphatic carbocycles. The van der Waals surface area contributed by atoms with Gasteiger partial charge in [0.1, 0.15) is 18.5 Å². The van der Waals surface area contributed by atoms with Gasteiger partial charge in [0, 0.05) is 23.3 Å². The van der Waals surface area contributed by atoms with Crippen LogP contribution in [0.25, 0.3) is 16.2 Å². The number of ether oxygens (including phenoxy) is 2. The van der Waals surface area contributed by atoms with Crippen LogP contribution >= 0.6 is 11.3 Å². The number of hydrogen-bond acceptors (Lipinski definition) is 6. The number of nitrogens with one attached hydrogen (secondary N) is 1. The van der Waals surface area contributed by atoms with Gasteiger partial charge in [-0.05, 0) is 18.2 Å². The summed E-state index contributed by atoms with van der Waals surface area (Å²) in [6.45, 7) is 0.177. The highest BCUT2D eigenvalue weighted by atomic mass is 32.2. The average Bonchev–Trinajstić information content (AvgIpc) is 3.30. The number of rotatable bonds is 5. The Morgan fingerprint density at radius 3 is 2.79 bits per heavy atom. The molecule has 0 amide bonds. The molecule has 3 heterocycles. The number of fused-ring (bicyclic) bond motifs is 2. The molecule has 0 spiro atoms. The highest BCUT2D eigenvalue weighted by Crippen LogP contribution is 2.32. The molecule has 0 saturated carbocycles. The number of sulfonamides is 1. The van der Waals surface area contributed by atoms with Gasteiger partial charge in [-0.15, -0.1) is 11.3 Å². The van der Waals surface area contributed by atoms with E-state index in [0.29, 0.717) is 22.9 Å². The van der Waals surface area contributed by atoms with Crippen LogP contribution in [-0.4, -0.2) is 36.3 Å². The molecule has 1 aliphatic heterocycles. The molecule has 0 bridgehead atoms. The lowest BCUT2D eigenvalue weighted by atomic mass is 10.1. The first-order valence-electron chi connectivity index (χ1n) is 8.98. The quantitative estimate of drug-likeness (QED) is 0.526. The Bertz CT molecular complexity index is 1250. The summed E-state index contributed by atoms with van der Waals surface area (Å²) < 4.78 is 41.6. The van der Waals surface area contributed by atoms with Crippen molar-refractivity contribution in [3.63, 3.8) is 0 Å². The van der Waals surface area contributed by atoms with Crippen LogP contribution in [0.1, 0.15) is 0 Å². The van der Waals surface area contributed by atoms with E-state index in [9.17, 15) is 8.42 Å². The Hall–Kier alpha value is -3.04. The third kappa shape index (κ3) is 3.66. The van der Waals surface area contributed by atoms with E-state index < -0.39 is 16.1 Å². The number of thiazole rings is 1. The summed E-state index contributed by atoms with van der Waals surface area (Å²) in [4.78, 5) is 5.43. The van der Waals surface area contributed by atoms with Crippen molar-refractivity contribution in [2.24, 2.45) is 0 Å². The normalized spacial score (nSPS) is 16.1. The van der Waals surface area contributed by atoms with Crippen LogP contribution in [-0.2, 0) is 10.0 Å². The standard InChI is InChI=1S/C20H17N3O4S2/c24-29(25,13-14-12-26-18-7-3-4-8-19(18)27-14)22-16-6-2-1-5-15(16)17-11-23-9-10-28-20(23)21-17/h1-11,14,22H,12-13H2. The second kappa shape index (κ2) is 7.09. The molecule has 1 atom stereocenters. The van der Waals surface area contributed by atoms with E-state index >= 15 is 0 Å². The molecule has 2 aromatic carbocycles. The monoisotopic (exact) mass is 427 g/mol. The minimum Gasteiger partial charge on any atom is -0.486 e. The van der Waals surface area contributed by atoms with Gasteiger partial charge in [-0.25, -0.2) is 13.4 Å². The number of imidazole rings is 1. The van der Waals surface area contributed by atoms with Crippen LogP contribution in [0.15, 0.2) is 66.3 Å².